The number of rotatable bonds is 8. The Morgan fingerprint density at radius 1 is 1.48 bits per heavy atom. The maximum Gasteiger partial charge on any atom is 0.230 e. The van der Waals surface area contributed by atoms with Gasteiger partial charge >= 0.3 is 0 Å². The van der Waals surface area contributed by atoms with Gasteiger partial charge in [0.25, 0.3) is 0 Å². The molecule has 1 rings (SSSR count). The molecular formula is C14H19ClN2O4. The number of carboxylic acids is 1. The number of nitrogens with two attached hydrogens (primary N) is 1. The highest BCUT2D eigenvalue weighted by atomic mass is 35.5. The molecule has 0 saturated carbocycles. The topological polar surface area (TPSA) is 106 Å². The third-order valence-electron chi connectivity index (χ3n) is 3.00. The summed E-state index contributed by atoms with van der Waals surface area (Å²) in [6.07, 6.45) is 0.249. The van der Waals surface area contributed by atoms with Crippen molar-refractivity contribution < 1.29 is 25.1 Å². The van der Waals surface area contributed by atoms with Gasteiger partial charge in [0.2, 0.25) is 5.91 Å². The number of nitrogens with one attached hydrogen (secondary N) is 1. The molecular weight excluding hydrogens is 296 g/mol. The first-order valence-corrected chi connectivity index (χ1v) is 7.03. The Kier molecular flexibility index (Phi) is 7.14. The number of benzene rings is 1. The summed E-state index contributed by atoms with van der Waals surface area (Å²) in [5.74, 6) is -1.72. The second-order valence-electron chi connectivity index (χ2n) is 4.74. The quantitative estimate of drug-likeness (QED) is 0.537. The monoisotopic (exact) mass is 314 g/mol. The molecule has 7 heteroatoms. The lowest BCUT2D eigenvalue weighted by molar-refractivity contribution is -0.682. The van der Waals surface area contributed by atoms with Crippen LogP contribution in [-0.2, 0) is 9.59 Å². The summed E-state index contributed by atoms with van der Waals surface area (Å²) in [6, 6.07) is 4.11. The highest BCUT2D eigenvalue weighted by Gasteiger charge is 2.18. The summed E-state index contributed by atoms with van der Waals surface area (Å²) in [5, 5.41) is 24.3. The minimum atomic E-state index is -1.30. The molecule has 0 aliphatic rings. The van der Waals surface area contributed by atoms with Crippen molar-refractivity contribution in [2.24, 2.45) is 0 Å². The van der Waals surface area contributed by atoms with E-state index in [0.29, 0.717) is 23.7 Å². The predicted octanol–water partition coefficient (Wildman–Crippen LogP) is -0.959. The molecule has 0 spiro atoms. The second kappa shape index (κ2) is 8.61. The number of amides is 1. The van der Waals surface area contributed by atoms with Gasteiger partial charge in [0.05, 0.1) is 18.9 Å². The number of aryl methyl sites for hydroxylation is 1. The number of halogens is 1. The fourth-order valence-electron chi connectivity index (χ4n) is 1.80. The number of quaternary nitrogens is 1. The molecule has 0 aliphatic carbocycles. The van der Waals surface area contributed by atoms with Gasteiger partial charge in [0, 0.05) is 23.7 Å². The fraction of sp³-hybridized carbons (Fsp3) is 0.429. The van der Waals surface area contributed by atoms with E-state index in [0.717, 1.165) is 5.56 Å². The van der Waals surface area contributed by atoms with Gasteiger partial charge in [-0.15, -0.1) is 0 Å². The summed E-state index contributed by atoms with van der Waals surface area (Å²) in [7, 11) is 0. The van der Waals surface area contributed by atoms with E-state index < -0.39 is 17.9 Å². The van der Waals surface area contributed by atoms with Crippen molar-refractivity contribution in [3.63, 3.8) is 0 Å². The van der Waals surface area contributed by atoms with Crippen LogP contribution in [-0.4, -0.2) is 36.2 Å². The Balaban J connectivity index is 2.61. The van der Waals surface area contributed by atoms with Crippen LogP contribution >= 0.6 is 11.6 Å². The Morgan fingerprint density at radius 3 is 2.81 bits per heavy atom. The van der Waals surface area contributed by atoms with Crippen molar-refractivity contribution in [3.8, 4) is 0 Å². The Hall–Kier alpha value is -1.63. The van der Waals surface area contributed by atoms with Crippen molar-refractivity contribution in [1.82, 2.24) is 0 Å². The Morgan fingerprint density at radius 2 is 2.19 bits per heavy atom. The molecule has 0 aromatic heterocycles. The van der Waals surface area contributed by atoms with Crippen LogP contribution in [0.25, 0.3) is 0 Å². The van der Waals surface area contributed by atoms with Gasteiger partial charge in [-0.2, -0.15) is 0 Å². The highest BCUT2D eigenvalue weighted by molar-refractivity contribution is 6.31. The molecule has 1 aromatic carbocycles. The molecule has 21 heavy (non-hydrogen) atoms. The SMILES string of the molecule is Cc1ccc(Cl)cc1NC(=O)C[C@H]([NH2+]CCCO)C(=O)[O-]. The number of hydrogen-bond donors (Lipinski definition) is 3. The van der Waals surface area contributed by atoms with Crippen LogP contribution in [0.5, 0.6) is 0 Å². The molecule has 0 saturated heterocycles. The standard InChI is InChI=1S/C14H19ClN2O4/c1-9-3-4-10(15)7-11(9)17-13(19)8-12(14(20)21)16-5-2-6-18/h3-4,7,12,16,18H,2,5-6,8H2,1H3,(H,17,19)(H,20,21)/t12-/m0/s1. The van der Waals surface area contributed by atoms with Crippen LogP contribution < -0.4 is 15.7 Å². The summed E-state index contributed by atoms with van der Waals surface area (Å²) in [5.41, 5.74) is 1.39. The molecule has 4 N–H and O–H groups in total. The van der Waals surface area contributed by atoms with Crippen molar-refractivity contribution in [1.29, 1.82) is 0 Å². The number of carboxylic acid groups (broad SMARTS) is 1. The molecule has 6 nitrogen and oxygen atoms in total. The van der Waals surface area contributed by atoms with Crippen molar-refractivity contribution in [3.05, 3.63) is 28.8 Å². The van der Waals surface area contributed by atoms with Crippen LogP contribution in [0.3, 0.4) is 0 Å². The molecule has 0 unspecified atom stereocenters. The van der Waals surface area contributed by atoms with E-state index in [4.69, 9.17) is 16.7 Å². The predicted molar refractivity (Wildman–Crippen MR) is 76.7 cm³/mol. The smallest absolute Gasteiger partial charge is 0.230 e. The van der Waals surface area contributed by atoms with Crippen molar-refractivity contribution in [2.45, 2.75) is 25.8 Å². The minimum absolute atomic E-state index is 0.0236. The summed E-state index contributed by atoms with van der Waals surface area (Å²) < 4.78 is 0. The molecule has 116 valence electrons. The van der Waals surface area contributed by atoms with E-state index in [-0.39, 0.29) is 13.0 Å². The maximum absolute atomic E-state index is 11.9. The molecule has 1 aromatic rings. The first-order valence-electron chi connectivity index (χ1n) is 6.65. The highest BCUT2D eigenvalue weighted by Crippen LogP contribution is 2.20. The van der Waals surface area contributed by atoms with E-state index in [9.17, 15) is 14.7 Å². The van der Waals surface area contributed by atoms with Crippen LogP contribution in [0, 0.1) is 6.92 Å². The lowest BCUT2D eigenvalue weighted by Gasteiger charge is -2.16. The van der Waals surface area contributed by atoms with Crippen LogP contribution in [0.15, 0.2) is 18.2 Å². The lowest BCUT2D eigenvalue weighted by atomic mass is 10.1. The van der Waals surface area contributed by atoms with Gasteiger partial charge in [-0.3, -0.25) is 4.79 Å². The molecule has 0 aliphatic heterocycles. The maximum atomic E-state index is 11.9. The van der Waals surface area contributed by atoms with Gasteiger partial charge < -0.3 is 25.6 Å². The molecule has 0 heterocycles. The average molecular weight is 315 g/mol. The third-order valence-corrected chi connectivity index (χ3v) is 3.23. The second-order valence-corrected chi connectivity index (χ2v) is 5.18. The fourth-order valence-corrected chi connectivity index (χ4v) is 1.98. The Bertz CT molecular complexity index is 508. The lowest BCUT2D eigenvalue weighted by Crippen LogP contribution is -2.93. The number of hydrogen-bond acceptors (Lipinski definition) is 4. The van der Waals surface area contributed by atoms with Crippen molar-refractivity contribution >= 4 is 29.2 Å². The number of aliphatic hydroxyl groups excluding tert-OH is 1. The number of aliphatic hydroxyl groups is 1. The van der Waals surface area contributed by atoms with E-state index in [1.807, 2.05) is 6.92 Å². The first-order chi connectivity index (χ1) is 9.93. The van der Waals surface area contributed by atoms with Gasteiger partial charge in [0.1, 0.15) is 6.04 Å². The normalized spacial score (nSPS) is 12.0. The Labute approximate surface area is 128 Å². The van der Waals surface area contributed by atoms with Gasteiger partial charge in [-0.1, -0.05) is 17.7 Å². The van der Waals surface area contributed by atoms with Crippen LogP contribution in [0.1, 0.15) is 18.4 Å². The minimum Gasteiger partial charge on any atom is -0.544 e. The van der Waals surface area contributed by atoms with E-state index in [1.54, 1.807) is 18.2 Å². The van der Waals surface area contributed by atoms with E-state index in [2.05, 4.69) is 5.32 Å². The van der Waals surface area contributed by atoms with Crippen LogP contribution in [0.2, 0.25) is 5.02 Å². The van der Waals surface area contributed by atoms with Crippen molar-refractivity contribution in [2.75, 3.05) is 18.5 Å². The molecule has 0 radical (unpaired) electrons. The first kappa shape index (κ1) is 17.4. The van der Waals surface area contributed by atoms with Gasteiger partial charge in [-0.05, 0) is 24.6 Å². The van der Waals surface area contributed by atoms with E-state index in [1.165, 1.54) is 5.32 Å². The van der Waals surface area contributed by atoms with Gasteiger partial charge in [-0.25, -0.2) is 0 Å². The zero-order chi connectivity index (χ0) is 15.8. The molecule has 0 fully saturated rings. The zero-order valence-corrected chi connectivity index (χ0v) is 12.5. The molecule has 0 bridgehead atoms. The number of carbonyl (C=O) groups is 2. The molecule has 1 atom stereocenters. The average Bonchev–Trinajstić information content (AvgIpc) is 2.42. The third kappa shape index (κ3) is 6.12. The van der Waals surface area contributed by atoms with E-state index >= 15 is 0 Å². The zero-order valence-electron chi connectivity index (χ0n) is 11.8. The summed E-state index contributed by atoms with van der Waals surface area (Å²) in [6.45, 7) is 2.21. The number of aliphatic carboxylic acids is 1. The number of anilines is 1. The number of carbonyl (C=O) groups excluding carboxylic acids is 2. The van der Waals surface area contributed by atoms with Gasteiger partial charge in [0.15, 0.2) is 0 Å². The molecule has 1 amide bonds. The summed E-state index contributed by atoms with van der Waals surface area (Å²) >= 11 is 5.86. The van der Waals surface area contributed by atoms with Crippen LogP contribution in [0.4, 0.5) is 5.69 Å². The summed E-state index contributed by atoms with van der Waals surface area (Å²) in [4.78, 5) is 22.9. The largest absolute Gasteiger partial charge is 0.544 e.